The van der Waals surface area contributed by atoms with Gasteiger partial charge in [0, 0.05) is 5.92 Å². The third-order valence-corrected chi connectivity index (χ3v) is 19.9. The van der Waals surface area contributed by atoms with Gasteiger partial charge >= 0.3 is 0 Å². The van der Waals surface area contributed by atoms with Crippen LogP contribution in [-0.4, -0.2) is 203 Å². The number of hydrogen-bond donors (Lipinski definition) is 12. The largest absolute Gasteiger partial charge is 0.394 e. The fraction of sp³-hybridized carbons (Fsp3) is 1.00. The van der Waals surface area contributed by atoms with Crippen molar-refractivity contribution in [3.05, 3.63) is 0 Å². The van der Waals surface area contributed by atoms with E-state index in [1.165, 1.54) is 0 Å². The van der Waals surface area contributed by atoms with Crippen molar-refractivity contribution in [3.63, 3.8) is 0 Å². The van der Waals surface area contributed by atoms with Crippen molar-refractivity contribution in [3.8, 4) is 0 Å². The number of aliphatic hydroxyl groups excluding tert-OH is 12. The molecule has 0 aromatic carbocycles. The average Bonchev–Trinajstić information content (AvgIpc) is 3.63. The van der Waals surface area contributed by atoms with Crippen LogP contribution in [0.4, 0.5) is 0 Å². The lowest BCUT2D eigenvalue weighted by molar-refractivity contribution is -0.339. The quantitative estimate of drug-likeness (QED) is 0.112. The van der Waals surface area contributed by atoms with Crippen molar-refractivity contribution in [2.75, 3.05) is 19.8 Å². The second kappa shape index (κ2) is 16.9. The number of ether oxygens (including phenoxy) is 7. The zero-order chi connectivity index (χ0) is 48.1. The van der Waals surface area contributed by atoms with Crippen molar-refractivity contribution in [1.82, 2.24) is 0 Å². The molecule has 4 aliphatic heterocycles. The molecule has 2 spiro atoms. The van der Waals surface area contributed by atoms with E-state index >= 15 is 0 Å². The smallest absolute Gasteiger partial charge is 0.187 e. The van der Waals surface area contributed by atoms with Crippen molar-refractivity contribution in [1.29, 1.82) is 0 Å². The summed E-state index contributed by atoms with van der Waals surface area (Å²) in [6.07, 6.45) is -16.3. The molecule has 5 saturated carbocycles. The highest BCUT2D eigenvalue weighted by atomic mass is 16.7. The van der Waals surface area contributed by atoms with Gasteiger partial charge in [0.2, 0.25) is 0 Å². The van der Waals surface area contributed by atoms with Gasteiger partial charge in [-0.2, -0.15) is 0 Å². The Balaban J connectivity index is 1.01. The van der Waals surface area contributed by atoms with Gasteiger partial charge in [0.1, 0.15) is 67.1 Å². The predicted molar refractivity (Wildman–Crippen MR) is 226 cm³/mol. The van der Waals surface area contributed by atoms with Gasteiger partial charge < -0.3 is 94.4 Å². The predicted octanol–water partition coefficient (Wildman–Crippen LogP) is -1.45. The molecule has 8 unspecified atom stereocenters. The topological polar surface area (TPSA) is 307 Å². The van der Waals surface area contributed by atoms with Crippen molar-refractivity contribution < 1.29 is 94.4 Å². The van der Waals surface area contributed by atoms with E-state index in [1.807, 2.05) is 13.8 Å². The lowest BCUT2D eigenvalue weighted by Crippen LogP contribution is -2.65. The molecule has 0 radical (unpaired) electrons. The average molecular weight is 947 g/mol. The van der Waals surface area contributed by atoms with E-state index in [-0.39, 0.29) is 35.2 Å². The summed E-state index contributed by atoms with van der Waals surface area (Å²) in [6.45, 7) is 13.0. The minimum atomic E-state index is -1.65. The van der Waals surface area contributed by atoms with Crippen LogP contribution in [0.5, 0.6) is 0 Å². The summed E-state index contributed by atoms with van der Waals surface area (Å²) >= 11 is 0. The second-order valence-electron chi connectivity index (χ2n) is 23.8. The van der Waals surface area contributed by atoms with Gasteiger partial charge in [-0.3, -0.25) is 0 Å². The molecule has 12 N–H and O–H groups in total. The molecule has 0 aromatic rings. The van der Waals surface area contributed by atoms with Gasteiger partial charge in [-0.05, 0) is 117 Å². The maximum atomic E-state index is 12.5. The van der Waals surface area contributed by atoms with E-state index in [4.69, 9.17) is 33.2 Å². The number of aliphatic hydroxyl groups is 12. The van der Waals surface area contributed by atoms with Crippen molar-refractivity contribution in [2.24, 2.45) is 44.8 Å². The highest BCUT2D eigenvalue weighted by Crippen LogP contribution is 2.89. The molecule has 19 heteroatoms. The third-order valence-electron chi connectivity index (χ3n) is 19.9. The Morgan fingerprint density at radius 2 is 1.20 bits per heavy atom. The maximum absolute atomic E-state index is 12.5. The first kappa shape index (κ1) is 50.2. The Morgan fingerprint density at radius 3 is 1.83 bits per heavy atom. The monoisotopic (exact) mass is 947 g/mol. The molecule has 9 aliphatic rings. The van der Waals surface area contributed by atoms with Crippen LogP contribution in [0.2, 0.25) is 0 Å². The van der Waals surface area contributed by atoms with Crippen molar-refractivity contribution >= 4 is 0 Å². The van der Waals surface area contributed by atoms with Gasteiger partial charge in [0.05, 0.1) is 55.4 Å². The molecule has 0 bridgehead atoms. The molecule has 66 heavy (non-hydrogen) atoms. The molecule has 5 aliphatic carbocycles. The van der Waals surface area contributed by atoms with Crippen LogP contribution in [0.25, 0.3) is 0 Å². The highest BCUT2D eigenvalue weighted by Gasteiger charge is 2.85. The Morgan fingerprint density at radius 1 is 0.591 bits per heavy atom. The van der Waals surface area contributed by atoms with E-state index in [0.29, 0.717) is 32.1 Å². The first-order chi connectivity index (χ1) is 30.8. The van der Waals surface area contributed by atoms with Crippen LogP contribution < -0.4 is 0 Å². The van der Waals surface area contributed by atoms with E-state index in [0.717, 1.165) is 25.7 Å². The van der Waals surface area contributed by atoms with Gasteiger partial charge in [-0.1, -0.05) is 27.7 Å². The first-order valence-corrected chi connectivity index (χ1v) is 24.4. The molecular formula is C47H78O19. The Hall–Kier alpha value is -0.760. The van der Waals surface area contributed by atoms with Gasteiger partial charge in [0.25, 0.3) is 0 Å². The fourth-order valence-corrected chi connectivity index (χ4v) is 16.4. The summed E-state index contributed by atoms with van der Waals surface area (Å²) in [4.78, 5) is 0. The number of fused-ring (bicyclic) bond motifs is 2. The number of rotatable bonds is 10. The van der Waals surface area contributed by atoms with Crippen LogP contribution in [0, 0.1) is 44.8 Å². The Bertz CT molecular complexity index is 1770. The summed E-state index contributed by atoms with van der Waals surface area (Å²) in [5.74, 6) is -0.523. The summed E-state index contributed by atoms with van der Waals surface area (Å²) in [7, 11) is 0. The normalized spacial score (nSPS) is 58.0. The molecule has 9 rings (SSSR count). The Kier molecular flexibility index (Phi) is 12.9. The molecule has 380 valence electrons. The molecule has 19 nitrogen and oxygen atoms in total. The summed E-state index contributed by atoms with van der Waals surface area (Å²) < 4.78 is 44.3. The zero-order valence-electron chi connectivity index (χ0n) is 39.3. The van der Waals surface area contributed by atoms with E-state index < -0.39 is 151 Å². The Labute approximate surface area is 386 Å². The molecule has 26 atom stereocenters. The second-order valence-corrected chi connectivity index (χ2v) is 23.8. The molecule has 0 amide bonds. The van der Waals surface area contributed by atoms with Crippen LogP contribution in [0.1, 0.15) is 106 Å². The van der Waals surface area contributed by atoms with Crippen LogP contribution in [-0.2, 0) is 33.2 Å². The molecular weight excluding hydrogens is 868 g/mol. The van der Waals surface area contributed by atoms with Crippen molar-refractivity contribution in [2.45, 2.75) is 228 Å². The van der Waals surface area contributed by atoms with E-state index in [2.05, 4.69) is 34.6 Å². The summed E-state index contributed by atoms with van der Waals surface area (Å²) in [5.41, 5.74) is -3.88. The summed E-state index contributed by atoms with van der Waals surface area (Å²) in [6, 6.07) is 0. The molecule has 4 heterocycles. The zero-order valence-corrected chi connectivity index (χ0v) is 39.3. The molecule has 4 saturated heterocycles. The number of hydrogen-bond acceptors (Lipinski definition) is 19. The third kappa shape index (κ3) is 7.22. The molecule has 9 fully saturated rings. The SMILES string of the molecule is CC(C)(O[C@@H]1O[C@H](CO)[C@@H](O)[C@@H](O)[C@H]1O)C1CC[C@](C)(C2C(O)C[C@@]3(C)C4C[C@H](O[C@@H]5O[C@H](CO)[C@@H](O)[C@@H](O)[C@H]5O)C5C(C)(C)C(O[C@@H]6OC[C@@H](O)[C@@H](O)[C@H]6O)CCC56CC46CC[C@@]23C)O1. The fourth-order valence-electron chi connectivity index (χ4n) is 16.4. The van der Waals surface area contributed by atoms with Gasteiger partial charge in [0.15, 0.2) is 18.9 Å². The summed E-state index contributed by atoms with van der Waals surface area (Å²) in [5, 5.41) is 129. The minimum Gasteiger partial charge on any atom is -0.394 e. The van der Waals surface area contributed by atoms with Crippen LogP contribution in [0.3, 0.4) is 0 Å². The minimum absolute atomic E-state index is 0.00898. The van der Waals surface area contributed by atoms with Gasteiger partial charge in [-0.15, -0.1) is 0 Å². The lowest BCUT2D eigenvalue weighted by atomic mass is 9.41. The van der Waals surface area contributed by atoms with E-state index in [9.17, 15) is 61.3 Å². The molecule has 0 aromatic heterocycles. The standard InChI is InChI=1S/C47H78O19/c1-41(2)26(64-38-33(57)28(52)21(51)18-60-38)9-11-47-19-46(47)13-12-43(5)36(45(7)10-8-27(65-45)42(3,4)66-40-35(59)32(56)30(54)24(17-49)63-40)20(50)15-44(43,6)25(46)14-22(37(41)47)61-39-34(58)31(55)29(53)23(16-48)62-39/h20-40,48-59H,8-19H2,1-7H3/t20?,21-,22+,23-,24-,25?,26?,27?,28-,29-,30-,31-,32-,33-,34-,35-,36?,37?,38+,39-,40+,43+,44+,45-,46?,47?/m1/s1. The highest BCUT2D eigenvalue weighted by molar-refractivity contribution is 5.33. The van der Waals surface area contributed by atoms with E-state index in [1.54, 1.807) is 0 Å². The first-order valence-electron chi connectivity index (χ1n) is 24.4. The van der Waals surface area contributed by atoms with Gasteiger partial charge in [-0.25, -0.2) is 0 Å². The van der Waals surface area contributed by atoms with Crippen LogP contribution >= 0.6 is 0 Å². The van der Waals surface area contributed by atoms with Crippen LogP contribution in [0.15, 0.2) is 0 Å². The maximum Gasteiger partial charge on any atom is 0.187 e. The lowest BCUT2D eigenvalue weighted by Gasteiger charge is -2.65.